The Labute approximate surface area is 181 Å². The Morgan fingerprint density at radius 1 is 1.16 bits per heavy atom. The van der Waals surface area contributed by atoms with Gasteiger partial charge in [0.15, 0.2) is 5.84 Å². The highest BCUT2D eigenvalue weighted by molar-refractivity contribution is 5.95. The van der Waals surface area contributed by atoms with Gasteiger partial charge in [0.2, 0.25) is 5.76 Å². The summed E-state index contributed by atoms with van der Waals surface area (Å²) in [7, 11) is 3.60. The van der Waals surface area contributed by atoms with Gasteiger partial charge in [0.25, 0.3) is 0 Å². The summed E-state index contributed by atoms with van der Waals surface area (Å²) < 4.78 is 19.7. The van der Waals surface area contributed by atoms with E-state index in [1.165, 1.54) is 7.05 Å². The first-order valence-electron chi connectivity index (χ1n) is 9.46. The van der Waals surface area contributed by atoms with Crippen LogP contribution in [0.1, 0.15) is 34.1 Å². The highest BCUT2D eigenvalue weighted by Gasteiger charge is 2.29. The van der Waals surface area contributed by atoms with Gasteiger partial charge in [-0.2, -0.15) is 0 Å². The summed E-state index contributed by atoms with van der Waals surface area (Å²) >= 11 is 0. The van der Waals surface area contributed by atoms with Crippen LogP contribution >= 0.6 is 0 Å². The standard InChI is InChI=1S/C19H33N3O9/c1-8-12(23)10-29-11-13(22(5)18(26)30-19(2,3)4)16(20)21-31-14(17(25)28-7)9-15(24)27-6/h9,12-13,23H,8,10-11H2,1-7H3,(H2,20,21)/b14-9+. The number of amides is 1. The number of carbonyl (C=O) groups is 3. The highest BCUT2D eigenvalue weighted by Crippen LogP contribution is 2.12. The monoisotopic (exact) mass is 447 g/mol. The Morgan fingerprint density at radius 2 is 1.77 bits per heavy atom. The van der Waals surface area contributed by atoms with Gasteiger partial charge in [0.1, 0.15) is 11.6 Å². The average molecular weight is 447 g/mol. The fourth-order valence-corrected chi connectivity index (χ4v) is 1.84. The van der Waals surface area contributed by atoms with Gasteiger partial charge in [-0.05, 0) is 27.2 Å². The lowest BCUT2D eigenvalue weighted by Crippen LogP contribution is -2.50. The number of carbonyl (C=O) groups excluding carboxylic acids is 3. The first-order chi connectivity index (χ1) is 14.4. The molecule has 12 nitrogen and oxygen atoms in total. The molecule has 2 atom stereocenters. The zero-order valence-electron chi connectivity index (χ0n) is 19.0. The van der Waals surface area contributed by atoms with E-state index in [2.05, 4.69) is 14.6 Å². The lowest BCUT2D eigenvalue weighted by atomic mass is 10.2. The summed E-state index contributed by atoms with van der Waals surface area (Å²) in [6, 6.07) is -0.976. The zero-order valence-corrected chi connectivity index (χ0v) is 19.0. The van der Waals surface area contributed by atoms with E-state index in [1.807, 2.05) is 0 Å². The molecule has 0 aliphatic heterocycles. The molecule has 0 rings (SSSR count). The molecule has 12 heteroatoms. The number of aliphatic hydroxyl groups excluding tert-OH is 1. The number of aliphatic hydroxyl groups is 1. The van der Waals surface area contributed by atoms with Gasteiger partial charge < -0.3 is 34.6 Å². The number of ether oxygens (including phenoxy) is 4. The summed E-state index contributed by atoms with van der Waals surface area (Å²) in [5, 5.41) is 13.3. The van der Waals surface area contributed by atoms with E-state index in [0.29, 0.717) is 6.42 Å². The predicted octanol–water partition coefficient (Wildman–Crippen LogP) is 0.528. The van der Waals surface area contributed by atoms with Crippen molar-refractivity contribution in [1.82, 2.24) is 4.90 Å². The molecule has 0 saturated heterocycles. The smallest absolute Gasteiger partial charge is 0.410 e. The van der Waals surface area contributed by atoms with Crippen LogP contribution in [0.25, 0.3) is 0 Å². The van der Waals surface area contributed by atoms with Crippen molar-refractivity contribution in [3.63, 3.8) is 0 Å². The summed E-state index contributed by atoms with van der Waals surface area (Å²) in [6.07, 6.45) is -0.215. The van der Waals surface area contributed by atoms with Crippen molar-refractivity contribution < 1.29 is 43.3 Å². The molecule has 0 spiro atoms. The molecule has 0 heterocycles. The number of amidine groups is 1. The van der Waals surface area contributed by atoms with Crippen molar-refractivity contribution in [2.45, 2.75) is 51.9 Å². The molecule has 0 aliphatic carbocycles. The third-order valence-electron chi connectivity index (χ3n) is 3.63. The second-order valence-corrected chi connectivity index (χ2v) is 7.34. The summed E-state index contributed by atoms with van der Waals surface area (Å²) in [5.41, 5.74) is 5.20. The maximum atomic E-state index is 12.4. The van der Waals surface area contributed by atoms with Crippen LogP contribution in [0.4, 0.5) is 4.79 Å². The van der Waals surface area contributed by atoms with E-state index in [0.717, 1.165) is 25.2 Å². The minimum atomic E-state index is -0.999. The van der Waals surface area contributed by atoms with Crippen LogP contribution < -0.4 is 5.73 Å². The average Bonchev–Trinajstić information content (AvgIpc) is 2.70. The van der Waals surface area contributed by atoms with E-state index >= 15 is 0 Å². The van der Waals surface area contributed by atoms with Gasteiger partial charge in [-0.1, -0.05) is 12.1 Å². The predicted molar refractivity (Wildman–Crippen MR) is 110 cm³/mol. The molecule has 0 aromatic heterocycles. The van der Waals surface area contributed by atoms with Crippen LogP contribution in [0.15, 0.2) is 17.0 Å². The van der Waals surface area contributed by atoms with Gasteiger partial charge in [0, 0.05) is 7.05 Å². The third-order valence-corrected chi connectivity index (χ3v) is 3.63. The molecule has 178 valence electrons. The Hall–Kier alpha value is -2.86. The molecule has 31 heavy (non-hydrogen) atoms. The maximum Gasteiger partial charge on any atom is 0.410 e. The second kappa shape index (κ2) is 13.4. The minimum Gasteiger partial charge on any atom is -0.466 e. The van der Waals surface area contributed by atoms with E-state index < -0.39 is 41.5 Å². The molecule has 0 aromatic carbocycles. The van der Waals surface area contributed by atoms with Crippen LogP contribution in [-0.4, -0.2) is 86.1 Å². The van der Waals surface area contributed by atoms with Gasteiger partial charge >= 0.3 is 18.0 Å². The summed E-state index contributed by atoms with van der Waals surface area (Å²) in [5.74, 6) is -2.73. The zero-order chi connectivity index (χ0) is 24.2. The summed E-state index contributed by atoms with van der Waals surface area (Å²) in [4.78, 5) is 41.7. The molecule has 0 aliphatic rings. The number of hydrogen-bond acceptors (Lipinski definition) is 10. The third kappa shape index (κ3) is 11.2. The number of hydrogen-bond donors (Lipinski definition) is 2. The van der Waals surface area contributed by atoms with Crippen LogP contribution in [-0.2, 0) is 33.4 Å². The Morgan fingerprint density at radius 3 is 2.26 bits per heavy atom. The van der Waals surface area contributed by atoms with Crippen LogP contribution in [0.2, 0.25) is 0 Å². The molecule has 0 saturated carbocycles. The number of rotatable bonds is 11. The first-order valence-corrected chi connectivity index (χ1v) is 9.46. The van der Waals surface area contributed by atoms with Gasteiger partial charge in [-0.25, -0.2) is 14.4 Å². The molecule has 1 amide bonds. The number of oxime groups is 1. The lowest BCUT2D eigenvalue weighted by molar-refractivity contribution is -0.142. The molecule has 3 N–H and O–H groups in total. The van der Waals surface area contributed by atoms with Crippen molar-refractivity contribution in [2.24, 2.45) is 10.9 Å². The molecular weight excluding hydrogens is 414 g/mol. The van der Waals surface area contributed by atoms with Gasteiger partial charge in [-0.3, -0.25) is 4.90 Å². The van der Waals surface area contributed by atoms with E-state index in [1.54, 1.807) is 27.7 Å². The van der Waals surface area contributed by atoms with Crippen molar-refractivity contribution in [3.05, 3.63) is 11.8 Å². The normalized spacial score (nSPS) is 14.3. The van der Waals surface area contributed by atoms with E-state index in [9.17, 15) is 19.5 Å². The second-order valence-electron chi connectivity index (χ2n) is 7.34. The lowest BCUT2D eigenvalue weighted by Gasteiger charge is -2.30. The molecule has 0 aromatic rings. The molecule has 0 bridgehead atoms. The Balaban J connectivity index is 5.64. The summed E-state index contributed by atoms with van der Waals surface area (Å²) in [6.45, 7) is 6.72. The van der Waals surface area contributed by atoms with E-state index in [4.69, 9.17) is 20.0 Å². The quantitative estimate of drug-likeness (QED) is 0.0869. The Bertz CT molecular complexity index is 671. The maximum absolute atomic E-state index is 12.4. The molecule has 2 unspecified atom stereocenters. The van der Waals surface area contributed by atoms with Crippen molar-refractivity contribution in [1.29, 1.82) is 0 Å². The topological polar surface area (TPSA) is 159 Å². The van der Waals surface area contributed by atoms with Crippen LogP contribution in [0.3, 0.4) is 0 Å². The fourth-order valence-electron chi connectivity index (χ4n) is 1.84. The van der Waals surface area contributed by atoms with Crippen molar-refractivity contribution in [2.75, 3.05) is 34.5 Å². The molecular formula is C19H33N3O9. The van der Waals surface area contributed by atoms with Crippen LogP contribution in [0, 0.1) is 0 Å². The Kier molecular flexibility index (Phi) is 12.2. The molecule has 0 radical (unpaired) electrons. The number of methoxy groups -OCH3 is 2. The van der Waals surface area contributed by atoms with Crippen LogP contribution in [0.5, 0.6) is 0 Å². The number of likely N-dealkylation sites (N-methyl/N-ethyl adjacent to an activating group) is 1. The number of nitrogens with zero attached hydrogens (tertiary/aromatic N) is 2. The largest absolute Gasteiger partial charge is 0.466 e. The SMILES string of the molecule is CCC(O)COCC(/C(N)=N/O/C(=C/C(=O)OC)C(=O)OC)N(C)C(=O)OC(C)(C)C. The van der Waals surface area contributed by atoms with E-state index in [-0.39, 0.29) is 19.0 Å². The van der Waals surface area contributed by atoms with Crippen molar-refractivity contribution in [3.8, 4) is 0 Å². The number of nitrogens with two attached hydrogens (primary N) is 1. The molecule has 0 fully saturated rings. The van der Waals surface area contributed by atoms with Crippen molar-refractivity contribution >= 4 is 23.9 Å². The highest BCUT2D eigenvalue weighted by atomic mass is 16.7. The fraction of sp³-hybridized carbons (Fsp3) is 0.684. The number of esters is 2. The van der Waals surface area contributed by atoms with Gasteiger partial charge in [-0.15, -0.1) is 0 Å². The minimum absolute atomic E-state index is 0.00104. The van der Waals surface area contributed by atoms with Gasteiger partial charge in [0.05, 0.1) is 39.6 Å². The first kappa shape index (κ1) is 28.1.